The predicted molar refractivity (Wildman–Crippen MR) is 112 cm³/mol. The van der Waals surface area contributed by atoms with Gasteiger partial charge in [-0.2, -0.15) is 13.2 Å². The van der Waals surface area contributed by atoms with E-state index in [0.29, 0.717) is 41.8 Å². The third-order valence-corrected chi connectivity index (χ3v) is 4.51. The molecule has 0 fully saturated rings. The van der Waals surface area contributed by atoms with Crippen molar-refractivity contribution < 1.29 is 27.5 Å². The van der Waals surface area contributed by atoms with Crippen molar-refractivity contribution in [2.24, 2.45) is 5.92 Å². The minimum Gasteiger partial charge on any atom is -0.468 e. The maximum atomic E-state index is 12.7. The number of amides is 2. The van der Waals surface area contributed by atoms with Crippen molar-refractivity contribution in [3.8, 4) is 5.88 Å². The lowest BCUT2D eigenvalue weighted by molar-refractivity contribution is -0.154. The molecule has 174 valence electrons. The van der Waals surface area contributed by atoms with Gasteiger partial charge in [-0.05, 0) is 30.2 Å². The second kappa shape index (κ2) is 11.4. The number of rotatable bonds is 10. The third kappa shape index (κ3) is 7.82. The van der Waals surface area contributed by atoms with Crippen molar-refractivity contribution >= 4 is 11.8 Å². The lowest BCUT2D eigenvalue weighted by Crippen LogP contribution is -2.30. The average molecular weight is 452 g/mol. The molecule has 0 aliphatic heterocycles. The van der Waals surface area contributed by atoms with E-state index in [1.165, 1.54) is 6.20 Å². The first kappa shape index (κ1) is 25.1. The molecular weight excluding hydrogens is 425 g/mol. The topological polar surface area (TPSA) is 93.2 Å². The highest BCUT2D eigenvalue weighted by Crippen LogP contribution is 2.21. The van der Waals surface area contributed by atoms with Crippen molar-refractivity contribution in [3.63, 3.8) is 0 Å². The summed E-state index contributed by atoms with van der Waals surface area (Å²) in [6, 6.07) is 4.95. The summed E-state index contributed by atoms with van der Waals surface area (Å²) in [6.07, 6.45) is -0.672. The number of hydrogen-bond donors (Lipinski definition) is 2. The van der Waals surface area contributed by atoms with Gasteiger partial charge in [0.25, 0.3) is 5.91 Å². The van der Waals surface area contributed by atoms with E-state index in [2.05, 4.69) is 20.6 Å². The van der Waals surface area contributed by atoms with Crippen LogP contribution in [0, 0.1) is 5.92 Å². The quantitative estimate of drug-likeness (QED) is 0.578. The fourth-order valence-corrected chi connectivity index (χ4v) is 2.81. The minimum atomic E-state index is -4.45. The molecule has 0 aliphatic rings. The van der Waals surface area contributed by atoms with Gasteiger partial charge >= 0.3 is 6.18 Å². The van der Waals surface area contributed by atoms with Crippen LogP contribution >= 0.6 is 0 Å². The Kier molecular flexibility index (Phi) is 8.98. The van der Waals surface area contributed by atoms with Crippen LogP contribution in [-0.4, -0.2) is 41.1 Å². The number of carbonyl (C=O) groups excluding carboxylic acids is 2. The third-order valence-electron chi connectivity index (χ3n) is 4.51. The number of carbonyl (C=O) groups is 2. The summed E-state index contributed by atoms with van der Waals surface area (Å²) in [5.41, 5.74) is 2.09. The molecule has 0 radical (unpaired) electrons. The zero-order chi connectivity index (χ0) is 23.7. The van der Waals surface area contributed by atoms with E-state index < -0.39 is 12.8 Å². The largest absolute Gasteiger partial charge is 0.468 e. The van der Waals surface area contributed by atoms with Crippen molar-refractivity contribution in [1.29, 1.82) is 0 Å². The SMILES string of the molecule is CCc1cc(CNC(=O)c2cccnc2CCNC(=O)C(C)C)cnc1OCC(F)(F)F. The number of hydrogen-bond acceptors (Lipinski definition) is 5. The molecule has 0 aliphatic carbocycles. The summed E-state index contributed by atoms with van der Waals surface area (Å²) < 4.78 is 41.9. The number of aromatic nitrogens is 2. The monoisotopic (exact) mass is 452 g/mol. The molecule has 2 amide bonds. The Labute approximate surface area is 184 Å². The van der Waals surface area contributed by atoms with Gasteiger partial charge in [0.1, 0.15) is 0 Å². The molecule has 0 unspecified atom stereocenters. The normalized spacial score (nSPS) is 11.3. The van der Waals surface area contributed by atoms with Crippen LogP contribution in [0.3, 0.4) is 0 Å². The second-order valence-electron chi connectivity index (χ2n) is 7.44. The van der Waals surface area contributed by atoms with Crippen LogP contribution in [0.25, 0.3) is 0 Å². The molecule has 0 atom stereocenters. The van der Waals surface area contributed by atoms with Gasteiger partial charge in [-0.1, -0.05) is 20.8 Å². The van der Waals surface area contributed by atoms with Crippen LogP contribution in [0.15, 0.2) is 30.6 Å². The van der Waals surface area contributed by atoms with E-state index in [4.69, 9.17) is 4.74 Å². The fourth-order valence-electron chi connectivity index (χ4n) is 2.81. The van der Waals surface area contributed by atoms with Crippen LogP contribution in [0.1, 0.15) is 48.0 Å². The summed E-state index contributed by atoms with van der Waals surface area (Å²) >= 11 is 0. The number of alkyl halides is 3. The number of ether oxygens (including phenoxy) is 1. The molecule has 32 heavy (non-hydrogen) atoms. The number of nitrogens with zero attached hydrogens (tertiary/aromatic N) is 2. The molecule has 2 heterocycles. The van der Waals surface area contributed by atoms with Crippen molar-refractivity contribution in [3.05, 3.63) is 53.0 Å². The van der Waals surface area contributed by atoms with E-state index in [9.17, 15) is 22.8 Å². The molecular formula is C22H27F3N4O3. The Hall–Kier alpha value is -3.17. The lowest BCUT2D eigenvalue weighted by atomic mass is 10.1. The lowest BCUT2D eigenvalue weighted by Gasteiger charge is -2.13. The summed E-state index contributed by atoms with van der Waals surface area (Å²) in [5.74, 6) is -0.626. The summed E-state index contributed by atoms with van der Waals surface area (Å²) in [7, 11) is 0. The van der Waals surface area contributed by atoms with E-state index in [0.717, 1.165) is 0 Å². The highest BCUT2D eigenvalue weighted by molar-refractivity contribution is 5.95. The van der Waals surface area contributed by atoms with Crippen molar-refractivity contribution in [2.75, 3.05) is 13.2 Å². The van der Waals surface area contributed by atoms with Gasteiger partial charge in [0, 0.05) is 43.4 Å². The number of aryl methyl sites for hydroxylation is 1. The molecule has 2 aromatic heterocycles. The molecule has 2 rings (SSSR count). The highest BCUT2D eigenvalue weighted by Gasteiger charge is 2.29. The Morgan fingerprint density at radius 3 is 2.59 bits per heavy atom. The molecule has 0 saturated heterocycles. The molecule has 0 bridgehead atoms. The molecule has 2 aromatic rings. The zero-order valence-corrected chi connectivity index (χ0v) is 18.3. The number of nitrogens with one attached hydrogen (secondary N) is 2. The van der Waals surface area contributed by atoms with Crippen LogP contribution < -0.4 is 15.4 Å². The van der Waals surface area contributed by atoms with E-state index in [1.54, 1.807) is 45.2 Å². The Balaban J connectivity index is 1.99. The smallest absolute Gasteiger partial charge is 0.422 e. The van der Waals surface area contributed by atoms with Gasteiger partial charge in [-0.15, -0.1) is 0 Å². The molecule has 0 saturated carbocycles. The summed E-state index contributed by atoms with van der Waals surface area (Å²) in [5, 5.41) is 5.56. The average Bonchev–Trinajstić information content (AvgIpc) is 2.75. The van der Waals surface area contributed by atoms with Crippen LogP contribution in [0.5, 0.6) is 5.88 Å². The Morgan fingerprint density at radius 2 is 1.94 bits per heavy atom. The molecule has 0 spiro atoms. The van der Waals surface area contributed by atoms with Crippen molar-refractivity contribution in [1.82, 2.24) is 20.6 Å². The summed E-state index contributed by atoms with van der Waals surface area (Å²) in [4.78, 5) is 32.6. The van der Waals surface area contributed by atoms with Gasteiger partial charge in [0.15, 0.2) is 6.61 Å². The summed E-state index contributed by atoms with van der Waals surface area (Å²) in [6.45, 7) is 4.45. The fraction of sp³-hybridized carbons (Fsp3) is 0.455. The van der Waals surface area contributed by atoms with Gasteiger partial charge in [-0.25, -0.2) is 4.98 Å². The minimum absolute atomic E-state index is 0.0714. The Bertz CT molecular complexity index is 933. The maximum absolute atomic E-state index is 12.7. The van der Waals surface area contributed by atoms with Crippen LogP contribution in [-0.2, 0) is 24.2 Å². The zero-order valence-electron chi connectivity index (χ0n) is 18.3. The standard InChI is InChI=1S/C22H27F3N4O3/c1-4-16-10-15(12-29-21(16)32-13-22(23,24)25)11-28-20(31)17-6-5-8-26-18(17)7-9-27-19(30)14(2)3/h5-6,8,10,12,14H,4,7,9,11,13H2,1-3H3,(H,27,30)(H,28,31). The van der Waals surface area contributed by atoms with Gasteiger partial charge in [-0.3, -0.25) is 14.6 Å². The first-order valence-electron chi connectivity index (χ1n) is 10.3. The van der Waals surface area contributed by atoms with Crippen LogP contribution in [0.2, 0.25) is 0 Å². The predicted octanol–water partition coefficient (Wildman–Crippen LogP) is 3.22. The Morgan fingerprint density at radius 1 is 1.19 bits per heavy atom. The van der Waals surface area contributed by atoms with Gasteiger partial charge < -0.3 is 15.4 Å². The molecule has 0 aromatic carbocycles. The molecule has 2 N–H and O–H groups in total. The maximum Gasteiger partial charge on any atom is 0.422 e. The molecule has 10 heteroatoms. The van der Waals surface area contributed by atoms with E-state index >= 15 is 0 Å². The first-order chi connectivity index (χ1) is 15.1. The number of pyridine rings is 2. The van der Waals surface area contributed by atoms with Gasteiger partial charge in [0.05, 0.1) is 11.3 Å². The van der Waals surface area contributed by atoms with Crippen LogP contribution in [0.4, 0.5) is 13.2 Å². The van der Waals surface area contributed by atoms with E-state index in [-0.39, 0.29) is 30.2 Å². The van der Waals surface area contributed by atoms with Gasteiger partial charge in [0.2, 0.25) is 11.8 Å². The number of halogens is 3. The highest BCUT2D eigenvalue weighted by atomic mass is 19.4. The molecule has 7 nitrogen and oxygen atoms in total. The first-order valence-corrected chi connectivity index (χ1v) is 10.3. The van der Waals surface area contributed by atoms with E-state index in [1.807, 2.05) is 0 Å². The second-order valence-corrected chi connectivity index (χ2v) is 7.44. The van der Waals surface area contributed by atoms with Crippen molar-refractivity contribution in [2.45, 2.75) is 46.3 Å².